The maximum absolute atomic E-state index is 3.92. The molecule has 0 aliphatic heterocycles. The fourth-order valence-electron chi connectivity index (χ4n) is 2.86. The second-order valence-electron chi connectivity index (χ2n) is 5.85. The summed E-state index contributed by atoms with van der Waals surface area (Å²) in [6, 6.07) is 0.816. The van der Waals surface area contributed by atoms with Crippen molar-refractivity contribution in [3.8, 4) is 0 Å². The van der Waals surface area contributed by atoms with Crippen LogP contribution in [0.4, 0.5) is 0 Å². The van der Waals surface area contributed by atoms with Crippen molar-refractivity contribution in [2.75, 3.05) is 0 Å². The highest BCUT2D eigenvalue weighted by molar-refractivity contribution is 4.87. The van der Waals surface area contributed by atoms with E-state index < -0.39 is 0 Å². The van der Waals surface area contributed by atoms with Gasteiger partial charge in [0.2, 0.25) is 0 Å². The molecule has 1 saturated carbocycles. The number of nitrogens with one attached hydrogen (secondary N) is 1. The molecule has 0 saturated heterocycles. The van der Waals surface area contributed by atoms with E-state index in [2.05, 4.69) is 26.1 Å². The standard InChI is InChI=1S/C15H31N/c1-4-6-7-10-13-15(3,5-2)16-14-11-8-9-12-14/h14,16H,4-13H2,1-3H3. The largest absolute Gasteiger partial charge is 0.309 e. The molecule has 0 aromatic carbocycles. The van der Waals surface area contributed by atoms with Crippen LogP contribution in [0.25, 0.3) is 0 Å². The molecule has 0 spiro atoms. The molecule has 1 aliphatic carbocycles. The quantitative estimate of drug-likeness (QED) is 0.593. The molecule has 16 heavy (non-hydrogen) atoms. The van der Waals surface area contributed by atoms with Crippen LogP contribution in [0.1, 0.15) is 85.0 Å². The molecule has 0 heterocycles. The number of hydrogen-bond donors (Lipinski definition) is 1. The Morgan fingerprint density at radius 3 is 2.31 bits per heavy atom. The number of hydrogen-bond acceptors (Lipinski definition) is 1. The number of unbranched alkanes of at least 4 members (excludes halogenated alkanes) is 3. The van der Waals surface area contributed by atoms with E-state index >= 15 is 0 Å². The molecule has 0 amide bonds. The van der Waals surface area contributed by atoms with E-state index in [4.69, 9.17) is 0 Å². The van der Waals surface area contributed by atoms with Gasteiger partial charge in [0.25, 0.3) is 0 Å². The summed E-state index contributed by atoms with van der Waals surface area (Å²) in [4.78, 5) is 0. The van der Waals surface area contributed by atoms with Crippen LogP contribution in [0.3, 0.4) is 0 Å². The van der Waals surface area contributed by atoms with E-state index in [1.807, 2.05) is 0 Å². The maximum atomic E-state index is 3.92. The van der Waals surface area contributed by atoms with E-state index in [1.165, 1.54) is 64.2 Å². The lowest BCUT2D eigenvalue weighted by atomic mass is 9.90. The van der Waals surface area contributed by atoms with E-state index in [1.54, 1.807) is 0 Å². The average Bonchev–Trinajstić information content (AvgIpc) is 2.77. The zero-order chi connectivity index (χ0) is 11.9. The molecule has 1 rings (SSSR count). The molecule has 1 atom stereocenters. The lowest BCUT2D eigenvalue weighted by Gasteiger charge is -2.33. The van der Waals surface area contributed by atoms with E-state index in [0.29, 0.717) is 5.54 Å². The summed E-state index contributed by atoms with van der Waals surface area (Å²) in [5, 5.41) is 3.92. The van der Waals surface area contributed by atoms with Gasteiger partial charge in [-0.05, 0) is 32.6 Å². The van der Waals surface area contributed by atoms with Crippen molar-refractivity contribution in [2.45, 2.75) is 96.6 Å². The first kappa shape index (κ1) is 14.0. The third kappa shape index (κ3) is 4.86. The van der Waals surface area contributed by atoms with Gasteiger partial charge >= 0.3 is 0 Å². The van der Waals surface area contributed by atoms with Gasteiger partial charge in [0.1, 0.15) is 0 Å². The molecular formula is C15H31N. The normalized spacial score (nSPS) is 21.2. The van der Waals surface area contributed by atoms with E-state index in [-0.39, 0.29) is 0 Å². The number of rotatable bonds is 8. The zero-order valence-corrected chi connectivity index (χ0v) is 11.6. The minimum Gasteiger partial charge on any atom is -0.309 e. The first-order valence-electron chi connectivity index (χ1n) is 7.48. The van der Waals surface area contributed by atoms with Crippen molar-refractivity contribution in [1.29, 1.82) is 0 Å². The Labute approximate surface area is 102 Å². The van der Waals surface area contributed by atoms with Crippen LogP contribution in [0.2, 0.25) is 0 Å². The van der Waals surface area contributed by atoms with Crippen LogP contribution in [0.5, 0.6) is 0 Å². The van der Waals surface area contributed by atoms with Gasteiger partial charge in [-0.2, -0.15) is 0 Å². The van der Waals surface area contributed by atoms with Crippen molar-refractivity contribution in [3.63, 3.8) is 0 Å². The van der Waals surface area contributed by atoms with E-state index in [9.17, 15) is 0 Å². The van der Waals surface area contributed by atoms with Crippen LogP contribution in [-0.2, 0) is 0 Å². The Morgan fingerprint density at radius 1 is 1.06 bits per heavy atom. The van der Waals surface area contributed by atoms with Gasteiger partial charge in [-0.1, -0.05) is 52.4 Å². The Balaban J connectivity index is 2.24. The summed E-state index contributed by atoms with van der Waals surface area (Å²) in [7, 11) is 0. The van der Waals surface area contributed by atoms with Crippen LogP contribution in [0, 0.1) is 0 Å². The molecule has 1 nitrogen and oxygen atoms in total. The van der Waals surface area contributed by atoms with Gasteiger partial charge in [0.05, 0.1) is 0 Å². The highest BCUT2D eigenvalue weighted by Gasteiger charge is 2.26. The fraction of sp³-hybridized carbons (Fsp3) is 1.00. The van der Waals surface area contributed by atoms with Gasteiger partial charge < -0.3 is 5.32 Å². The van der Waals surface area contributed by atoms with Crippen molar-refractivity contribution in [2.24, 2.45) is 0 Å². The molecule has 1 heteroatoms. The summed E-state index contributed by atoms with van der Waals surface area (Å²) in [6.07, 6.45) is 13.9. The van der Waals surface area contributed by atoms with Crippen molar-refractivity contribution in [1.82, 2.24) is 5.32 Å². The molecular weight excluding hydrogens is 194 g/mol. The molecule has 0 aromatic heterocycles. The summed E-state index contributed by atoms with van der Waals surface area (Å²) < 4.78 is 0. The smallest absolute Gasteiger partial charge is 0.0153 e. The molecule has 1 unspecified atom stereocenters. The van der Waals surface area contributed by atoms with Crippen molar-refractivity contribution < 1.29 is 0 Å². The molecule has 0 bridgehead atoms. The first-order chi connectivity index (χ1) is 7.70. The topological polar surface area (TPSA) is 12.0 Å². The van der Waals surface area contributed by atoms with Crippen LogP contribution >= 0.6 is 0 Å². The minimum atomic E-state index is 0.406. The summed E-state index contributed by atoms with van der Waals surface area (Å²) in [5.41, 5.74) is 0.406. The summed E-state index contributed by atoms with van der Waals surface area (Å²) in [6.45, 7) is 7.05. The Kier molecular flexibility index (Phi) is 6.41. The van der Waals surface area contributed by atoms with Gasteiger partial charge in [0.15, 0.2) is 0 Å². The van der Waals surface area contributed by atoms with Gasteiger partial charge in [0, 0.05) is 11.6 Å². The van der Waals surface area contributed by atoms with Crippen LogP contribution in [0.15, 0.2) is 0 Å². The molecule has 1 fully saturated rings. The zero-order valence-electron chi connectivity index (χ0n) is 11.6. The first-order valence-corrected chi connectivity index (χ1v) is 7.48. The second kappa shape index (κ2) is 7.32. The predicted molar refractivity (Wildman–Crippen MR) is 72.8 cm³/mol. The minimum absolute atomic E-state index is 0.406. The Morgan fingerprint density at radius 2 is 1.75 bits per heavy atom. The fourth-order valence-corrected chi connectivity index (χ4v) is 2.86. The highest BCUT2D eigenvalue weighted by atomic mass is 15.0. The van der Waals surface area contributed by atoms with Gasteiger partial charge in [-0.15, -0.1) is 0 Å². The lowest BCUT2D eigenvalue weighted by Crippen LogP contribution is -2.46. The summed E-state index contributed by atoms with van der Waals surface area (Å²) >= 11 is 0. The van der Waals surface area contributed by atoms with Crippen LogP contribution in [-0.4, -0.2) is 11.6 Å². The highest BCUT2D eigenvalue weighted by Crippen LogP contribution is 2.25. The maximum Gasteiger partial charge on any atom is 0.0153 e. The van der Waals surface area contributed by atoms with E-state index in [0.717, 1.165) is 6.04 Å². The molecule has 1 aliphatic rings. The Bertz CT molecular complexity index is 172. The molecule has 0 aromatic rings. The average molecular weight is 225 g/mol. The van der Waals surface area contributed by atoms with Gasteiger partial charge in [-0.25, -0.2) is 0 Å². The lowest BCUT2D eigenvalue weighted by molar-refractivity contribution is 0.272. The molecule has 96 valence electrons. The summed E-state index contributed by atoms with van der Waals surface area (Å²) in [5.74, 6) is 0. The van der Waals surface area contributed by atoms with Crippen molar-refractivity contribution >= 4 is 0 Å². The third-order valence-corrected chi connectivity index (χ3v) is 4.27. The van der Waals surface area contributed by atoms with Crippen molar-refractivity contribution in [3.05, 3.63) is 0 Å². The molecule has 0 radical (unpaired) electrons. The Hall–Kier alpha value is -0.0400. The van der Waals surface area contributed by atoms with Gasteiger partial charge in [-0.3, -0.25) is 0 Å². The molecule has 1 N–H and O–H groups in total. The third-order valence-electron chi connectivity index (χ3n) is 4.27. The second-order valence-corrected chi connectivity index (χ2v) is 5.85. The monoisotopic (exact) mass is 225 g/mol. The van der Waals surface area contributed by atoms with Crippen LogP contribution < -0.4 is 5.32 Å². The predicted octanol–water partition coefficient (Wildman–Crippen LogP) is 4.66. The SMILES string of the molecule is CCCCCCC(C)(CC)NC1CCCC1.